The number of hydrogen-bond acceptors (Lipinski definition) is 3. The molecule has 1 saturated carbocycles. The number of hydrogen-bond donors (Lipinski definition) is 1. The number of anilines is 2. The number of piperazine rings is 1. The number of rotatable bonds is 6. The average molecular weight is 392 g/mol. The van der Waals surface area contributed by atoms with Crippen LogP contribution < -0.4 is 10.2 Å². The highest BCUT2D eigenvalue weighted by Gasteiger charge is 2.23. The lowest BCUT2D eigenvalue weighted by molar-refractivity contribution is -0.131. The van der Waals surface area contributed by atoms with E-state index in [1.54, 1.807) is 6.92 Å². The molecule has 0 radical (unpaired) electrons. The summed E-state index contributed by atoms with van der Waals surface area (Å²) in [6.07, 6.45) is 7.06. The molecule has 1 unspecified atom stereocenters. The highest BCUT2D eigenvalue weighted by Crippen LogP contribution is 2.29. The molecule has 1 aromatic carbocycles. The molecule has 2 amide bonds. The van der Waals surface area contributed by atoms with Crippen LogP contribution in [-0.4, -0.2) is 48.3 Å². The zero-order valence-corrected chi connectivity index (χ0v) is 16.9. The monoisotopic (exact) mass is 391 g/mol. The van der Waals surface area contributed by atoms with E-state index in [1.165, 1.54) is 25.7 Å². The van der Waals surface area contributed by atoms with Gasteiger partial charge in [0.05, 0.1) is 0 Å². The fourth-order valence-electron chi connectivity index (χ4n) is 4.00. The molecule has 6 heteroatoms. The van der Waals surface area contributed by atoms with Crippen LogP contribution >= 0.6 is 11.6 Å². The molecule has 5 nitrogen and oxygen atoms in total. The van der Waals surface area contributed by atoms with Crippen molar-refractivity contribution in [2.45, 2.75) is 50.8 Å². The van der Waals surface area contributed by atoms with Crippen molar-refractivity contribution < 1.29 is 9.59 Å². The topological polar surface area (TPSA) is 52.7 Å². The summed E-state index contributed by atoms with van der Waals surface area (Å²) in [5.41, 5.74) is 1.86. The number of nitrogens with zero attached hydrogens (tertiary/aromatic N) is 2. The molecule has 2 aliphatic rings. The number of alkyl halides is 1. The molecule has 0 aromatic heterocycles. The van der Waals surface area contributed by atoms with Gasteiger partial charge < -0.3 is 15.1 Å². The summed E-state index contributed by atoms with van der Waals surface area (Å²) in [4.78, 5) is 28.4. The van der Waals surface area contributed by atoms with Crippen LogP contribution in [0.1, 0.15) is 45.4 Å². The van der Waals surface area contributed by atoms with Crippen molar-refractivity contribution in [2.24, 2.45) is 5.92 Å². The van der Waals surface area contributed by atoms with E-state index in [-0.39, 0.29) is 5.91 Å². The zero-order chi connectivity index (χ0) is 19.2. The van der Waals surface area contributed by atoms with Gasteiger partial charge in [0, 0.05) is 44.0 Å². The number of amides is 2. The normalized spacial score (nSPS) is 19.2. The Morgan fingerprint density at radius 1 is 1.11 bits per heavy atom. The van der Waals surface area contributed by atoms with Gasteiger partial charge in [-0.25, -0.2) is 0 Å². The second kappa shape index (κ2) is 9.45. The minimum Gasteiger partial charge on any atom is -0.368 e. The molecule has 0 bridgehead atoms. The first-order valence-electron chi connectivity index (χ1n) is 10.1. The number of nitrogens with one attached hydrogen (secondary N) is 1. The van der Waals surface area contributed by atoms with E-state index in [4.69, 9.17) is 11.6 Å². The molecule has 1 aromatic rings. The Bertz CT molecular complexity index is 633. The molecule has 1 aliphatic heterocycles. The fourth-order valence-corrected chi connectivity index (χ4v) is 4.05. The van der Waals surface area contributed by atoms with E-state index in [0.29, 0.717) is 12.3 Å². The maximum absolute atomic E-state index is 12.5. The minimum absolute atomic E-state index is 0.200. The first kappa shape index (κ1) is 20.0. The summed E-state index contributed by atoms with van der Waals surface area (Å²) >= 11 is 5.78. The number of halogens is 1. The van der Waals surface area contributed by atoms with Crippen molar-refractivity contribution in [3.63, 3.8) is 0 Å². The first-order valence-corrected chi connectivity index (χ1v) is 10.5. The average Bonchev–Trinajstić information content (AvgIpc) is 3.20. The van der Waals surface area contributed by atoms with E-state index >= 15 is 0 Å². The molecule has 1 N–H and O–H groups in total. The van der Waals surface area contributed by atoms with Crippen LogP contribution in [0, 0.1) is 5.92 Å². The third kappa shape index (κ3) is 5.61. The van der Waals surface area contributed by atoms with Crippen LogP contribution in [-0.2, 0) is 9.59 Å². The molecule has 0 spiro atoms. The van der Waals surface area contributed by atoms with Gasteiger partial charge in [0.2, 0.25) is 11.8 Å². The van der Waals surface area contributed by atoms with E-state index < -0.39 is 5.38 Å². The Kier molecular flexibility index (Phi) is 7.00. The molecule has 1 atom stereocenters. The fraction of sp³-hybridized carbons (Fsp3) is 0.619. The second-order valence-electron chi connectivity index (χ2n) is 7.71. The van der Waals surface area contributed by atoms with Crippen LogP contribution in [0.25, 0.3) is 0 Å². The Morgan fingerprint density at radius 3 is 2.33 bits per heavy atom. The largest absolute Gasteiger partial charge is 0.368 e. The lowest BCUT2D eigenvalue weighted by atomic mass is 10.0. The standard InChI is InChI=1S/C21H30ClN3O2/c1-16(22)21(27)23-18-7-9-19(10-8-18)24-12-14-25(15-13-24)20(26)11-6-17-4-2-3-5-17/h7-10,16-17H,2-6,11-15H2,1H3,(H,23,27). The van der Waals surface area contributed by atoms with E-state index in [0.717, 1.165) is 49.9 Å². The van der Waals surface area contributed by atoms with Crippen molar-refractivity contribution in [1.29, 1.82) is 0 Å². The lowest BCUT2D eigenvalue weighted by Crippen LogP contribution is -2.48. The van der Waals surface area contributed by atoms with E-state index in [2.05, 4.69) is 10.2 Å². The van der Waals surface area contributed by atoms with E-state index in [1.807, 2.05) is 29.2 Å². The Morgan fingerprint density at radius 2 is 1.74 bits per heavy atom. The Balaban J connectivity index is 1.44. The highest BCUT2D eigenvalue weighted by atomic mass is 35.5. The third-order valence-electron chi connectivity index (χ3n) is 5.73. The summed E-state index contributed by atoms with van der Waals surface area (Å²) in [6, 6.07) is 7.80. The van der Waals surface area contributed by atoms with Crippen LogP contribution in [0.3, 0.4) is 0 Å². The molecule has 2 fully saturated rings. The molecular formula is C21H30ClN3O2. The van der Waals surface area contributed by atoms with Crippen LogP contribution in [0.15, 0.2) is 24.3 Å². The molecule has 3 rings (SSSR count). The highest BCUT2D eigenvalue weighted by molar-refractivity contribution is 6.32. The Hall–Kier alpha value is -1.75. The van der Waals surface area contributed by atoms with Crippen molar-refractivity contribution in [3.8, 4) is 0 Å². The van der Waals surface area contributed by atoms with Gasteiger partial charge >= 0.3 is 0 Å². The number of benzene rings is 1. The predicted molar refractivity (Wildman–Crippen MR) is 110 cm³/mol. The summed E-state index contributed by atoms with van der Waals surface area (Å²) < 4.78 is 0. The predicted octanol–water partition coefficient (Wildman–Crippen LogP) is 3.87. The van der Waals surface area contributed by atoms with Gasteiger partial charge in [0.1, 0.15) is 5.38 Å². The van der Waals surface area contributed by atoms with Gasteiger partial charge in [-0.1, -0.05) is 25.7 Å². The second-order valence-corrected chi connectivity index (χ2v) is 8.36. The molecule has 148 valence electrons. The van der Waals surface area contributed by atoms with E-state index in [9.17, 15) is 9.59 Å². The maximum Gasteiger partial charge on any atom is 0.242 e. The summed E-state index contributed by atoms with van der Waals surface area (Å²) in [6.45, 7) is 4.91. The van der Waals surface area contributed by atoms with Crippen molar-refractivity contribution >= 4 is 34.8 Å². The van der Waals surface area contributed by atoms with Crippen LogP contribution in [0.2, 0.25) is 0 Å². The summed E-state index contributed by atoms with van der Waals surface area (Å²) in [5, 5.41) is 2.24. The van der Waals surface area contributed by atoms with Crippen LogP contribution in [0.5, 0.6) is 0 Å². The van der Waals surface area contributed by atoms with Gasteiger partial charge in [0.25, 0.3) is 0 Å². The number of carbonyl (C=O) groups is 2. The van der Waals surface area contributed by atoms with Crippen molar-refractivity contribution in [1.82, 2.24) is 4.90 Å². The summed E-state index contributed by atoms with van der Waals surface area (Å²) in [5.74, 6) is 0.889. The smallest absolute Gasteiger partial charge is 0.242 e. The van der Waals surface area contributed by atoms with Gasteiger partial charge in [-0.2, -0.15) is 0 Å². The summed E-state index contributed by atoms with van der Waals surface area (Å²) in [7, 11) is 0. The van der Waals surface area contributed by atoms with Gasteiger partial charge in [-0.05, 0) is 43.5 Å². The molecule has 1 heterocycles. The SMILES string of the molecule is CC(Cl)C(=O)Nc1ccc(N2CCN(C(=O)CCC3CCCC3)CC2)cc1. The zero-order valence-electron chi connectivity index (χ0n) is 16.1. The van der Waals surface area contributed by atoms with Crippen molar-refractivity contribution in [2.75, 3.05) is 36.4 Å². The van der Waals surface area contributed by atoms with Crippen molar-refractivity contribution in [3.05, 3.63) is 24.3 Å². The molecule has 1 aliphatic carbocycles. The number of carbonyl (C=O) groups excluding carboxylic acids is 2. The molecule has 27 heavy (non-hydrogen) atoms. The minimum atomic E-state index is -0.552. The lowest BCUT2D eigenvalue weighted by Gasteiger charge is -2.36. The van der Waals surface area contributed by atoms with Gasteiger partial charge in [-0.3, -0.25) is 9.59 Å². The molecule has 1 saturated heterocycles. The third-order valence-corrected chi connectivity index (χ3v) is 5.93. The Labute approximate surface area is 167 Å². The quantitative estimate of drug-likeness (QED) is 0.749. The molecular weight excluding hydrogens is 362 g/mol. The van der Waals surface area contributed by atoms with Crippen LogP contribution in [0.4, 0.5) is 11.4 Å². The van der Waals surface area contributed by atoms with Gasteiger partial charge in [0.15, 0.2) is 0 Å². The van der Waals surface area contributed by atoms with Gasteiger partial charge in [-0.15, -0.1) is 11.6 Å². The first-order chi connectivity index (χ1) is 13.0. The maximum atomic E-state index is 12.5.